The minimum Gasteiger partial charge on any atom is -0.353 e. The lowest BCUT2D eigenvalue weighted by Crippen LogP contribution is -2.36. The van der Waals surface area contributed by atoms with Crippen molar-refractivity contribution in [1.82, 2.24) is 19.4 Å². The van der Waals surface area contributed by atoms with Crippen molar-refractivity contribution in [3.05, 3.63) is 41.3 Å². The molecule has 1 aliphatic rings. The summed E-state index contributed by atoms with van der Waals surface area (Å²) in [5.41, 5.74) is 0. The van der Waals surface area contributed by atoms with E-state index in [9.17, 15) is 4.39 Å². The standard InChI is InChI=1S/C17H23ClFN5/c1-22(2)8-9-23-7-5-20-16(23)13-4-3-6-24(12-13)17-15(19)10-14(18)11-21-17/h5,7,10-11,13H,3-4,6,8-9,12H2,1-2H3/t13-/m0/s1. The Balaban J connectivity index is 1.75. The van der Waals surface area contributed by atoms with E-state index >= 15 is 0 Å². The van der Waals surface area contributed by atoms with Crippen molar-refractivity contribution in [3.63, 3.8) is 0 Å². The van der Waals surface area contributed by atoms with Crippen LogP contribution in [0.5, 0.6) is 0 Å². The zero-order valence-electron chi connectivity index (χ0n) is 14.1. The summed E-state index contributed by atoms with van der Waals surface area (Å²) in [4.78, 5) is 12.9. The molecule has 1 atom stereocenters. The molecule has 0 bridgehead atoms. The van der Waals surface area contributed by atoms with E-state index in [0.717, 1.165) is 44.8 Å². The normalized spacial score (nSPS) is 18.4. The molecule has 0 aliphatic carbocycles. The monoisotopic (exact) mass is 351 g/mol. The van der Waals surface area contributed by atoms with Crippen molar-refractivity contribution in [2.24, 2.45) is 0 Å². The lowest BCUT2D eigenvalue weighted by molar-refractivity contribution is 0.373. The number of pyridine rings is 1. The maximum absolute atomic E-state index is 14.2. The highest BCUT2D eigenvalue weighted by atomic mass is 35.5. The highest BCUT2D eigenvalue weighted by Gasteiger charge is 2.27. The van der Waals surface area contributed by atoms with Crippen LogP contribution < -0.4 is 4.90 Å². The van der Waals surface area contributed by atoms with Gasteiger partial charge in [-0.1, -0.05) is 11.6 Å². The van der Waals surface area contributed by atoms with E-state index in [1.165, 1.54) is 12.3 Å². The molecule has 3 heterocycles. The SMILES string of the molecule is CN(C)CCn1ccnc1[C@H]1CCCN(c2ncc(Cl)cc2F)C1. The number of piperidine rings is 1. The van der Waals surface area contributed by atoms with Gasteiger partial charge < -0.3 is 14.4 Å². The van der Waals surface area contributed by atoms with Gasteiger partial charge in [-0.3, -0.25) is 0 Å². The van der Waals surface area contributed by atoms with Crippen molar-refractivity contribution in [2.75, 3.05) is 38.6 Å². The van der Waals surface area contributed by atoms with Gasteiger partial charge in [0.2, 0.25) is 0 Å². The number of halogens is 2. The number of hydrogen-bond acceptors (Lipinski definition) is 4. The molecule has 5 nitrogen and oxygen atoms in total. The molecule has 0 spiro atoms. The Morgan fingerprint density at radius 2 is 2.21 bits per heavy atom. The summed E-state index contributed by atoms with van der Waals surface area (Å²) in [6, 6.07) is 1.32. The first-order chi connectivity index (χ1) is 11.5. The van der Waals surface area contributed by atoms with Crippen molar-refractivity contribution in [3.8, 4) is 0 Å². The Hall–Kier alpha value is -1.66. The zero-order valence-corrected chi connectivity index (χ0v) is 14.9. The van der Waals surface area contributed by atoms with Crippen LogP contribution in [0.4, 0.5) is 10.2 Å². The van der Waals surface area contributed by atoms with Crippen LogP contribution in [-0.2, 0) is 6.54 Å². The molecule has 2 aromatic heterocycles. The summed E-state index contributed by atoms with van der Waals surface area (Å²) in [6.07, 6.45) is 7.44. The third-order valence-electron chi connectivity index (χ3n) is 4.41. The van der Waals surface area contributed by atoms with Gasteiger partial charge in [-0.15, -0.1) is 0 Å². The largest absolute Gasteiger partial charge is 0.353 e. The quantitative estimate of drug-likeness (QED) is 0.829. The predicted molar refractivity (Wildman–Crippen MR) is 94.2 cm³/mol. The summed E-state index contributed by atoms with van der Waals surface area (Å²) < 4.78 is 16.4. The minimum absolute atomic E-state index is 0.285. The molecule has 0 saturated carbocycles. The van der Waals surface area contributed by atoms with E-state index in [1.54, 1.807) is 0 Å². The highest BCUT2D eigenvalue weighted by Crippen LogP contribution is 2.30. The van der Waals surface area contributed by atoms with Crippen molar-refractivity contribution in [1.29, 1.82) is 0 Å². The first-order valence-electron chi connectivity index (χ1n) is 8.26. The Bertz CT molecular complexity index is 687. The van der Waals surface area contributed by atoms with Crippen LogP contribution in [0.3, 0.4) is 0 Å². The minimum atomic E-state index is -0.362. The summed E-state index contributed by atoms with van der Waals surface area (Å²) >= 11 is 5.81. The van der Waals surface area contributed by atoms with Gasteiger partial charge in [0.15, 0.2) is 11.6 Å². The Labute approximate surface area is 147 Å². The Morgan fingerprint density at radius 1 is 1.38 bits per heavy atom. The topological polar surface area (TPSA) is 37.2 Å². The lowest BCUT2D eigenvalue weighted by Gasteiger charge is -2.33. The fourth-order valence-corrected chi connectivity index (χ4v) is 3.34. The zero-order chi connectivity index (χ0) is 17.1. The van der Waals surface area contributed by atoms with E-state index in [4.69, 9.17) is 11.6 Å². The molecule has 0 N–H and O–H groups in total. The molecule has 0 unspecified atom stereocenters. The smallest absolute Gasteiger partial charge is 0.167 e. The molecule has 1 fully saturated rings. The number of rotatable bonds is 5. The maximum Gasteiger partial charge on any atom is 0.167 e. The molecule has 1 saturated heterocycles. The number of aromatic nitrogens is 3. The van der Waals surface area contributed by atoms with E-state index < -0.39 is 0 Å². The number of likely N-dealkylation sites (N-methyl/N-ethyl adjacent to an activating group) is 1. The van der Waals surface area contributed by atoms with Crippen molar-refractivity contribution < 1.29 is 4.39 Å². The predicted octanol–water partition coefficient (Wildman–Crippen LogP) is 3.02. The fourth-order valence-electron chi connectivity index (χ4n) is 3.20. The molecule has 0 aromatic carbocycles. The summed E-state index contributed by atoms with van der Waals surface area (Å²) in [6.45, 7) is 3.41. The van der Waals surface area contributed by atoms with Crippen molar-refractivity contribution in [2.45, 2.75) is 25.3 Å². The van der Waals surface area contributed by atoms with Gasteiger partial charge in [-0.2, -0.15) is 0 Å². The first kappa shape index (κ1) is 17.2. The molecule has 2 aromatic rings. The molecule has 24 heavy (non-hydrogen) atoms. The van der Waals surface area contributed by atoms with Crippen LogP contribution in [-0.4, -0.2) is 53.2 Å². The van der Waals surface area contributed by atoms with Gasteiger partial charge in [0.1, 0.15) is 5.82 Å². The van der Waals surface area contributed by atoms with Gasteiger partial charge in [0.05, 0.1) is 5.02 Å². The third kappa shape index (κ3) is 3.87. The van der Waals surface area contributed by atoms with Gasteiger partial charge in [0.25, 0.3) is 0 Å². The molecule has 0 amide bonds. The summed E-state index contributed by atoms with van der Waals surface area (Å²) in [7, 11) is 4.13. The average Bonchev–Trinajstić information content (AvgIpc) is 3.01. The average molecular weight is 352 g/mol. The van der Waals surface area contributed by atoms with Crippen LogP contribution in [0.15, 0.2) is 24.7 Å². The Morgan fingerprint density at radius 3 is 2.96 bits per heavy atom. The third-order valence-corrected chi connectivity index (χ3v) is 4.62. The van der Waals surface area contributed by atoms with Gasteiger partial charge in [0, 0.05) is 50.7 Å². The summed E-state index contributed by atoms with van der Waals surface area (Å²) in [5, 5.41) is 0.323. The van der Waals surface area contributed by atoms with Crippen LogP contribution in [0.2, 0.25) is 5.02 Å². The van der Waals surface area contributed by atoms with E-state index in [0.29, 0.717) is 10.8 Å². The molecule has 130 valence electrons. The number of nitrogens with zero attached hydrogens (tertiary/aromatic N) is 5. The first-order valence-corrected chi connectivity index (χ1v) is 8.64. The van der Waals surface area contributed by atoms with Gasteiger partial charge in [-0.25, -0.2) is 14.4 Å². The van der Waals surface area contributed by atoms with Crippen LogP contribution in [0.25, 0.3) is 0 Å². The number of anilines is 1. The highest BCUT2D eigenvalue weighted by molar-refractivity contribution is 6.30. The number of hydrogen-bond donors (Lipinski definition) is 0. The second-order valence-electron chi connectivity index (χ2n) is 6.53. The van der Waals surface area contributed by atoms with Gasteiger partial charge >= 0.3 is 0 Å². The molecule has 1 aliphatic heterocycles. The lowest BCUT2D eigenvalue weighted by atomic mass is 9.97. The van der Waals surface area contributed by atoms with Crippen LogP contribution in [0, 0.1) is 5.82 Å². The van der Waals surface area contributed by atoms with E-state index in [2.05, 4.69) is 33.5 Å². The summed E-state index contributed by atoms with van der Waals surface area (Å²) in [5.74, 6) is 1.39. The number of imidazole rings is 1. The second kappa shape index (κ2) is 7.49. The van der Waals surface area contributed by atoms with E-state index in [-0.39, 0.29) is 11.7 Å². The second-order valence-corrected chi connectivity index (χ2v) is 6.96. The van der Waals surface area contributed by atoms with Crippen LogP contribution >= 0.6 is 11.6 Å². The molecule has 0 radical (unpaired) electrons. The molecular weight excluding hydrogens is 329 g/mol. The van der Waals surface area contributed by atoms with Crippen molar-refractivity contribution >= 4 is 17.4 Å². The Kier molecular flexibility index (Phi) is 5.36. The fraction of sp³-hybridized carbons (Fsp3) is 0.529. The van der Waals surface area contributed by atoms with E-state index in [1.807, 2.05) is 17.3 Å². The van der Waals surface area contributed by atoms with Crippen LogP contribution in [0.1, 0.15) is 24.6 Å². The maximum atomic E-state index is 14.2. The van der Waals surface area contributed by atoms with Gasteiger partial charge in [-0.05, 0) is 33.0 Å². The molecular formula is C17H23ClFN5. The molecule has 7 heteroatoms. The molecule has 3 rings (SSSR count).